The van der Waals surface area contributed by atoms with Crippen molar-refractivity contribution >= 4 is 0 Å². The Morgan fingerprint density at radius 3 is 2.81 bits per heavy atom. The molecule has 3 nitrogen and oxygen atoms in total. The first kappa shape index (κ1) is 14.3. The highest BCUT2D eigenvalue weighted by Crippen LogP contribution is 2.35. The molecule has 112 valence electrons. The molecule has 1 fully saturated rings. The van der Waals surface area contributed by atoms with Crippen molar-refractivity contribution in [2.75, 3.05) is 0 Å². The van der Waals surface area contributed by atoms with Crippen molar-refractivity contribution in [1.82, 2.24) is 15.1 Å². The fraction of sp³-hybridized carbons (Fsp3) is 0.500. The lowest BCUT2D eigenvalue weighted by molar-refractivity contribution is 0.197. The SMILES string of the molecule is CC1(C)CCCC(NCc2ccn(-c3ccccc3)n2)C1. The zero-order chi connectivity index (χ0) is 14.7. The summed E-state index contributed by atoms with van der Waals surface area (Å²) >= 11 is 0. The van der Waals surface area contributed by atoms with Crippen LogP contribution in [0.4, 0.5) is 0 Å². The molecule has 2 aromatic rings. The van der Waals surface area contributed by atoms with Crippen LogP contribution in [-0.4, -0.2) is 15.8 Å². The molecule has 0 aliphatic heterocycles. The molecule has 0 saturated heterocycles. The van der Waals surface area contributed by atoms with E-state index in [-0.39, 0.29) is 0 Å². The summed E-state index contributed by atoms with van der Waals surface area (Å²) in [5.41, 5.74) is 2.71. The minimum atomic E-state index is 0.485. The van der Waals surface area contributed by atoms with Crippen LogP contribution < -0.4 is 5.32 Å². The van der Waals surface area contributed by atoms with Crippen LogP contribution >= 0.6 is 0 Å². The first-order valence-electron chi connectivity index (χ1n) is 7.96. The van der Waals surface area contributed by atoms with Crippen molar-refractivity contribution in [3.63, 3.8) is 0 Å². The monoisotopic (exact) mass is 283 g/mol. The van der Waals surface area contributed by atoms with Crippen LogP contribution in [0.3, 0.4) is 0 Å². The molecule has 1 aromatic heterocycles. The Labute approximate surface area is 127 Å². The van der Waals surface area contributed by atoms with E-state index < -0.39 is 0 Å². The number of nitrogens with zero attached hydrogens (tertiary/aromatic N) is 2. The maximum atomic E-state index is 4.66. The molecule has 1 N–H and O–H groups in total. The van der Waals surface area contributed by atoms with Gasteiger partial charge in [0.1, 0.15) is 0 Å². The molecule has 1 atom stereocenters. The molecule has 1 heterocycles. The second kappa shape index (κ2) is 6.02. The number of benzene rings is 1. The Morgan fingerprint density at radius 1 is 1.24 bits per heavy atom. The maximum Gasteiger partial charge on any atom is 0.0766 e. The average Bonchev–Trinajstić information content (AvgIpc) is 2.94. The smallest absolute Gasteiger partial charge is 0.0766 e. The van der Waals surface area contributed by atoms with Gasteiger partial charge in [0, 0.05) is 18.8 Å². The van der Waals surface area contributed by atoms with Gasteiger partial charge >= 0.3 is 0 Å². The second-order valence-electron chi connectivity index (χ2n) is 6.93. The van der Waals surface area contributed by atoms with E-state index in [0.717, 1.165) is 17.9 Å². The summed E-state index contributed by atoms with van der Waals surface area (Å²) in [5.74, 6) is 0. The summed E-state index contributed by atoms with van der Waals surface area (Å²) in [7, 11) is 0. The van der Waals surface area contributed by atoms with Gasteiger partial charge in [-0.05, 0) is 42.9 Å². The third kappa shape index (κ3) is 3.73. The van der Waals surface area contributed by atoms with Crippen molar-refractivity contribution < 1.29 is 0 Å². The molecule has 1 aromatic carbocycles. The van der Waals surface area contributed by atoms with Crippen LogP contribution in [0.1, 0.15) is 45.2 Å². The largest absolute Gasteiger partial charge is 0.308 e. The fourth-order valence-electron chi connectivity index (χ4n) is 3.30. The number of para-hydroxylation sites is 1. The predicted octanol–water partition coefficient (Wildman–Crippen LogP) is 3.93. The molecule has 21 heavy (non-hydrogen) atoms. The van der Waals surface area contributed by atoms with Crippen LogP contribution in [-0.2, 0) is 6.54 Å². The average molecular weight is 283 g/mol. The van der Waals surface area contributed by atoms with Gasteiger partial charge in [-0.2, -0.15) is 5.10 Å². The summed E-state index contributed by atoms with van der Waals surface area (Å²) in [6, 6.07) is 13.0. The minimum Gasteiger partial charge on any atom is -0.308 e. The predicted molar refractivity (Wildman–Crippen MR) is 86.4 cm³/mol. The summed E-state index contributed by atoms with van der Waals surface area (Å²) in [6.45, 7) is 5.62. The molecule has 0 spiro atoms. The van der Waals surface area contributed by atoms with Crippen molar-refractivity contribution in [1.29, 1.82) is 0 Å². The van der Waals surface area contributed by atoms with E-state index in [1.165, 1.54) is 25.7 Å². The standard InChI is InChI=1S/C18H25N3/c1-18(2)11-6-7-15(13-18)19-14-16-10-12-21(20-16)17-8-4-3-5-9-17/h3-5,8-10,12,15,19H,6-7,11,13-14H2,1-2H3. The van der Waals surface area contributed by atoms with E-state index in [4.69, 9.17) is 0 Å². The van der Waals surface area contributed by atoms with Gasteiger partial charge < -0.3 is 5.32 Å². The van der Waals surface area contributed by atoms with E-state index in [1.54, 1.807) is 0 Å². The van der Waals surface area contributed by atoms with Crippen molar-refractivity contribution in [3.8, 4) is 5.69 Å². The second-order valence-corrected chi connectivity index (χ2v) is 6.93. The van der Waals surface area contributed by atoms with E-state index in [0.29, 0.717) is 11.5 Å². The van der Waals surface area contributed by atoms with Gasteiger partial charge in [-0.1, -0.05) is 38.5 Å². The van der Waals surface area contributed by atoms with E-state index >= 15 is 0 Å². The highest BCUT2D eigenvalue weighted by molar-refractivity contribution is 5.30. The third-order valence-corrected chi connectivity index (χ3v) is 4.44. The topological polar surface area (TPSA) is 29.9 Å². The fourth-order valence-corrected chi connectivity index (χ4v) is 3.30. The molecule has 3 heteroatoms. The molecule has 0 radical (unpaired) electrons. The number of hydrogen-bond acceptors (Lipinski definition) is 2. The maximum absolute atomic E-state index is 4.66. The Balaban J connectivity index is 1.58. The highest BCUT2D eigenvalue weighted by Gasteiger charge is 2.27. The molecule has 1 aliphatic carbocycles. The van der Waals surface area contributed by atoms with Gasteiger partial charge in [-0.25, -0.2) is 4.68 Å². The molecule has 0 amide bonds. The van der Waals surface area contributed by atoms with Gasteiger partial charge in [-0.15, -0.1) is 0 Å². The lowest BCUT2D eigenvalue weighted by Gasteiger charge is -2.35. The lowest BCUT2D eigenvalue weighted by atomic mass is 9.75. The van der Waals surface area contributed by atoms with Gasteiger partial charge in [0.15, 0.2) is 0 Å². The zero-order valence-corrected chi connectivity index (χ0v) is 13.0. The quantitative estimate of drug-likeness (QED) is 0.921. The summed E-state index contributed by atoms with van der Waals surface area (Å²) in [6.07, 6.45) is 7.29. The zero-order valence-electron chi connectivity index (χ0n) is 13.0. The van der Waals surface area contributed by atoms with Crippen LogP contribution in [0.2, 0.25) is 0 Å². The summed E-state index contributed by atoms with van der Waals surface area (Å²) < 4.78 is 1.95. The third-order valence-electron chi connectivity index (χ3n) is 4.44. The Hall–Kier alpha value is -1.61. The van der Waals surface area contributed by atoms with E-state index in [2.05, 4.69) is 42.5 Å². The molecular weight excluding hydrogens is 258 g/mol. The molecule has 3 rings (SSSR count). The van der Waals surface area contributed by atoms with E-state index in [9.17, 15) is 0 Å². The molecule has 1 saturated carbocycles. The van der Waals surface area contributed by atoms with Crippen molar-refractivity contribution in [3.05, 3.63) is 48.3 Å². The first-order chi connectivity index (χ1) is 10.1. The Morgan fingerprint density at radius 2 is 2.05 bits per heavy atom. The van der Waals surface area contributed by atoms with Gasteiger partial charge in [0.05, 0.1) is 11.4 Å². The van der Waals surface area contributed by atoms with Gasteiger partial charge in [-0.3, -0.25) is 0 Å². The summed E-state index contributed by atoms with van der Waals surface area (Å²) in [5, 5.41) is 8.34. The number of nitrogens with one attached hydrogen (secondary N) is 1. The number of rotatable bonds is 4. The molecular formula is C18H25N3. The van der Waals surface area contributed by atoms with E-state index in [1.807, 2.05) is 29.1 Å². The number of aromatic nitrogens is 2. The van der Waals surface area contributed by atoms with Crippen LogP contribution in [0, 0.1) is 5.41 Å². The Kier molecular flexibility index (Phi) is 4.11. The van der Waals surface area contributed by atoms with Crippen LogP contribution in [0.5, 0.6) is 0 Å². The molecule has 0 bridgehead atoms. The van der Waals surface area contributed by atoms with Crippen LogP contribution in [0.25, 0.3) is 5.69 Å². The highest BCUT2D eigenvalue weighted by atomic mass is 15.3. The van der Waals surface area contributed by atoms with Crippen molar-refractivity contribution in [2.24, 2.45) is 5.41 Å². The van der Waals surface area contributed by atoms with Crippen molar-refractivity contribution in [2.45, 2.75) is 52.1 Å². The Bertz CT molecular complexity index is 571. The van der Waals surface area contributed by atoms with Gasteiger partial charge in [0.2, 0.25) is 0 Å². The first-order valence-corrected chi connectivity index (χ1v) is 7.96. The molecule has 1 unspecified atom stereocenters. The lowest BCUT2D eigenvalue weighted by Crippen LogP contribution is -2.36. The normalized spacial score (nSPS) is 21.3. The van der Waals surface area contributed by atoms with Crippen LogP contribution in [0.15, 0.2) is 42.6 Å². The molecule has 1 aliphatic rings. The number of hydrogen-bond donors (Lipinski definition) is 1. The summed E-state index contributed by atoms with van der Waals surface area (Å²) in [4.78, 5) is 0. The minimum absolute atomic E-state index is 0.485. The van der Waals surface area contributed by atoms with Gasteiger partial charge in [0.25, 0.3) is 0 Å².